The van der Waals surface area contributed by atoms with Crippen LogP contribution in [0, 0.1) is 0 Å². The molecule has 0 heterocycles. The van der Waals surface area contributed by atoms with Gasteiger partial charge in [-0.1, -0.05) is 6.08 Å². The second-order valence-corrected chi connectivity index (χ2v) is 2.18. The molecule has 1 aliphatic rings. The van der Waals surface area contributed by atoms with Gasteiger partial charge in [0.15, 0.2) is 0 Å². The van der Waals surface area contributed by atoms with Crippen LogP contribution in [0.1, 0.15) is 6.42 Å². The second kappa shape index (κ2) is 3.47. The zero-order chi connectivity index (χ0) is 8.97. The highest BCUT2D eigenvalue weighted by atomic mass is 16.1. The topological polar surface area (TPSA) is 51.2 Å². The van der Waals surface area contributed by atoms with Crippen molar-refractivity contribution < 1.29 is 14.4 Å². The van der Waals surface area contributed by atoms with E-state index in [9.17, 15) is 14.4 Å². The van der Waals surface area contributed by atoms with Gasteiger partial charge in [-0.3, -0.25) is 0 Å². The van der Waals surface area contributed by atoms with Gasteiger partial charge in [0.2, 0.25) is 0 Å². The molecule has 1 aliphatic carbocycles. The minimum Gasteiger partial charge on any atom is -0.233 e. The van der Waals surface area contributed by atoms with E-state index >= 15 is 0 Å². The van der Waals surface area contributed by atoms with E-state index in [1.807, 2.05) is 0 Å². The van der Waals surface area contributed by atoms with Crippen LogP contribution in [0.5, 0.6) is 0 Å². The highest BCUT2D eigenvalue weighted by Crippen LogP contribution is 2.22. The first-order valence-electron chi connectivity index (χ1n) is 3.25. The first-order valence-corrected chi connectivity index (χ1v) is 3.25. The van der Waals surface area contributed by atoms with Gasteiger partial charge in [0, 0.05) is 6.42 Å². The fraction of sp³-hybridized carbons (Fsp3) is 0.111. The lowest BCUT2D eigenvalue weighted by molar-refractivity contribution is 0.562. The summed E-state index contributed by atoms with van der Waals surface area (Å²) in [5, 5.41) is 0. The van der Waals surface area contributed by atoms with Crippen LogP contribution in [0.2, 0.25) is 0 Å². The third-order valence-electron chi connectivity index (χ3n) is 1.51. The summed E-state index contributed by atoms with van der Waals surface area (Å²) >= 11 is 0. The van der Waals surface area contributed by atoms with Gasteiger partial charge in [-0.15, -0.1) is 0 Å². The van der Waals surface area contributed by atoms with Crippen LogP contribution in [-0.2, 0) is 14.4 Å². The molecule has 0 aromatic heterocycles. The standard InChI is InChI=1S/C9H4O3/c10-4-7-2-1-3-8(5-11)9(7)6-12/h1-2H,3H2. The molecule has 0 aromatic carbocycles. The maximum Gasteiger partial charge on any atom is 0.134 e. The summed E-state index contributed by atoms with van der Waals surface area (Å²) in [6, 6.07) is 0. The van der Waals surface area contributed by atoms with E-state index in [-0.39, 0.29) is 16.7 Å². The molecule has 0 saturated carbocycles. The molecule has 0 fully saturated rings. The lowest BCUT2D eigenvalue weighted by atomic mass is 9.93. The molecule has 0 spiro atoms. The summed E-state index contributed by atoms with van der Waals surface area (Å²) in [6.07, 6.45) is 3.36. The van der Waals surface area contributed by atoms with Gasteiger partial charge in [-0.05, 0) is 6.08 Å². The Balaban J connectivity index is 3.39. The average molecular weight is 160 g/mol. The summed E-state index contributed by atoms with van der Waals surface area (Å²) in [5.41, 5.74) is 0.197. The van der Waals surface area contributed by atoms with E-state index in [2.05, 4.69) is 0 Å². The van der Waals surface area contributed by atoms with Gasteiger partial charge >= 0.3 is 0 Å². The summed E-state index contributed by atoms with van der Waals surface area (Å²) in [6.45, 7) is 0. The second-order valence-electron chi connectivity index (χ2n) is 2.18. The molecule has 58 valence electrons. The van der Waals surface area contributed by atoms with Crippen LogP contribution in [0.3, 0.4) is 0 Å². The third kappa shape index (κ3) is 1.24. The van der Waals surface area contributed by atoms with Crippen molar-refractivity contribution in [2.24, 2.45) is 0 Å². The molecule has 0 N–H and O–H groups in total. The Bertz CT molecular complexity index is 382. The van der Waals surface area contributed by atoms with Crippen LogP contribution in [0.25, 0.3) is 0 Å². The van der Waals surface area contributed by atoms with E-state index in [1.165, 1.54) is 12.0 Å². The fourth-order valence-electron chi connectivity index (χ4n) is 0.937. The Morgan fingerprint density at radius 1 is 1.08 bits per heavy atom. The lowest BCUT2D eigenvalue weighted by Crippen LogP contribution is -1.99. The molecule has 3 heteroatoms. The van der Waals surface area contributed by atoms with E-state index in [4.69, 9.17) is 0 Å². The Morgan fingerprint density at radius 2 is 1.83 bits per heavy atom. The zero-order valence-electron chi connectivity index (χ0n) is 6.09. The normalized spacial score (nSPS) is 15.2. The van der Waals surface area contributed by atoms with E-state index in [0.29, 0.717) is 6.42 Å². The SMILES string of the molecule is O=C=C1C=CCC(=C=O)C1=C=O. The largest absolute Gasteiger partial charge is 0.233 e. The third-order valence-corrected chi connectivity index (χ3v) is 1.51. The van der Waals surface area contributed by atoms with Gasteiger partial charge in [0.05, 0.1) is 16.7 Å². The van der Waals surface area contributed by atoms with Gasteiger partial charge in [0.25, 0.3) is 0 Å². The molecule has 0 radical (unpaired) electrons. The Hall–Kier alpha value is -1.91. The van der Waals surface area contributed by atoms with Crippen LogP contribution in [0.15, 0.2) is 28.9 Å². The Kier molecular flexibility index (Phi) is 2.37. The maximum atomic E-state index is 10.3. The molecular formula is C9H4O3. The Morgan fingerprint density at radius 3 is 2.33 bits per heavy atom. The zero-order valence-corrected chi connectivity index (χ0v) is 6.09. The summed E-state index contributed by atoms with van der Waals surface area (Å²) < 4.78 is 0. The first-order chi connectivity index (χ1) is 5.83. The molecule has 0 bridgehead atoms. The summed E-state index contributed by atoms with van der Waals surface area (Å²) in [4.78, 5) is 30.8. The number of hydrogen-bond acceptors (Lipinski definition) is 3. The number of rotatable bonds is 0. The van der Waals surface area contributed by atoms with Crippen molar-refractivity contribution in [2.45, 2.75) is 6.42 Å². The summed E-state index contributed by atoms with van der Waals surface area (Å²) in [7, 11) is 0. The molecule has 12 heavy (non-hydrogen) atoms. The van der Waals surface area contributed by atoms with Crippen molar-refractivity contribution in [2.75, 3.05) is 0 Å². The van der Waals surface area contributed by atoms with Gasteiger partial charge in [0.1, 0.15) is 17.8 Å². The predicted molar refractivity (Wildman–Crippen MR) is 41.4 cm³/mol. The van der Waals surface area contributed by atoms with E-state index < -0.39 is 0 Å². The highest BCUT2D eigenvalue weighted by Gasteiger charge is 2.15. The van der Waals surface area contributed by atoms with Gasteiger partial charge < -0.3 is 0 Å². The van der Waals surface area contributed by atoms with Crippen molar-refractivity contribution in [1.29, 1.82) is 0 Å². The van der Waals surface area contributed by atoms with E-state index in [0.717, 1.165) is 0 Å². The van der Waals surface area contributed by atoms with Crippen LogP contribution in [-0.4, -0.2) is 17.8 Å². The number of allylic oxidation sites excluding steroid dienone is 5. The number of hydrogen-bond donors (Lipinski definition) is 0. The lowest BCUT2D eigenvalue weighted by Gasteiger charge is -2.04. The molecule has 0 aromatic rings. The van der Waals surface area contributed by atoms with Crippen molar-refractivity contribution in [3.05, 3.63) is 28.9 Å². The average Bonchev–Trinajstić information content (AvgIpc) is 2.16. The quantitative estimate of drug-likeness (QED) is 0.476. The minimum absolute atomic E-state index is 0.0255. The molecule has 1 rings (SSSR count). The number of carbonyl (C=O) groups excluding carboxylic acids is 3. The predicted octanol–water partition coefficient (Wildman–Crippen LogP) is 0.220. The first kappa shape index (κ1) is 8.19. The molecule has 0 amide bonds. The molecule has 3 nitrogen and oxygen atoms in total. The van der Waals surface area contributed by atoms with Crippen LogP contribution < -0.4 is 0 Å². The van der Waals surface area contributed by atoms with Crippen molar-refractivity contribution in [3.63, 3.8) is 0 Å². The van der Waals surface area contributed by atoms with Gasteiger partial charge in [-0.2, -0.15) is 0 Å². The maximum absolute atomic E-state index is 10.3. The highest BCUT2D eigenvalue weighted by molar-refractivity contribution is 5.86. The molecular weight excluding hydrogens is 156 g/mol. The molecule has 0 unspecified atom stereocenters. The Labute approximate surface area is 68.4 Å². The van der Waals surface area contributed by atoms with Crippen LogP contribution in [0.4, 0.5) is 0 Å². The summed E-state index contributed by atoms with van der Waals surface area (Å²) in [5.74, 6) is 4.66. The van der Waals surface area contributed by atoms with Crippen LogP contribution >= 0.6 is 0 Å². The van der Waals surface area contributed by atoms with Gasteiger partial charge in [-0.25, -0.2) is 14.4 Å². The monoisotopic (exact) mass is 160 g/mol. The van der Waals surface area contributed by atoms with Crippen molar-refractivity contribution in [1.82, 2.24) is 0 Å². The van der Waals surface area contributed by atoms with E-state index in [1.54, 1.807) is 18.0 Å². The smallest absolute Gasteiger partial charge is 0.134 e. The molecule has 0 atom stereocenters. The molecule has 0 aliphatic heterocycles. The fourth-order valence-corrected chi connectivity index (χ4v) is 0.937. The minimum atomic E-state index is -0.0255. The molecule has 0 saturated heterocycles. The van der Waals surface area contributed by atoms with Crippen molar-refractivity contribution in [3.8, 4) is 0 Å². The van der Waals surface area contributed by atoms with Crippen molar-refractivity contribution >= 4 is 17.8 Å².